The fourth-order valence-electron chi connectivity index (χ4n) is 1.64. The molecule has 0 aromatic carbocycles. The van der Waals surface area contributed by atoms with Crippen LogP contribution in [0.2, 0.25) is 0 Å². The lowest BCUT2D eigenvalue weighted by atomic mass is 10.1. The van der Waals surface area contributed by atoms with Gasteiger partial charge in [0.25, 0.3) is 15.0 Å². The van der Waals surface area contributed by atoms with Crippen LogP contribution in [0.3, 0.4) is 0 Å². The topological polar surface area (TPSA) is 127 Å². The molecular formula is C12H30N2O4P2S. The van der Waals surface area contributed by atoms with Crippen molar-refractivity contribution in [2.75, 3.05) is 11.5 Å². The Kier molecular flexibility index (Phi) is 8.21. The first kappa shape index (κ1) is 21.6. The molecule has 0 amide bonds. The van der Waals surface area contributed by atoms with Crippen LogP contribution in [-0.2, 0) is 9.13 Å². The van der Waals surface area contributed by atoms with Crippen molar-refractivity contribution in [1.29, 1.82) is 0 Å². The second-order valence-corrected chi connectivity index (χ2v) is 12.8. The van der Waals surface area contributed by atoms with Gasteiger partial charge in [-0.1, -0.05) is 0 Å². The standard InChI is InChI=1S/C12H30N2O4P2S/c1-11(2,19(13,15)16)7-5-9-21-10-6-8-12(3,4)20(14,17)18/h5-10H2,1-4H3,(H3,13,15,16)(H3,14,17,18). The molecular weight excluding hydrogens is 330 g/mol. The smallest absolute Gasteiger partial charge is 0.270 e. The molecule has 0 fully saturated rings. The quantitative estimate of drug-likeness (QED) is 0.348. The zero-order valence-electron chi connectivity index (χ0n) is 13.4. The van der Waals surface area contributed by atoms with Gasteiger partial charge in [0.1, 0.15) is 0 Å². The molecule has 2 atom stereocenters. The third-order valence-corrected chi connectivity index (χ3v) is 8.96. The van der Waals surface area contributed by atoms with E-state index < -0.39 is 25.4 Å². The van der Waals surface area contributed by atoms with E-state index in [-0.39, 0.29) is 0 Å². The van der Waals surface area contributed by atoms with Crippen molar-refractivity contribution >= 4 is 26.8 Å². The minimum atomic E-state index is -3.55. The fourth-order valence-corrected chi connectivity index (χ4v) is 3.49. The molecule has 0 aromatic heterocycles. The van der Waals surface area contributed by atoms with E-state index in [2.05, 4.69) is 0 Å². The van der Waals surface area contributed by atoms with Crippen LogP contribution in [0, 0.1) is 0 Å². The van der Waals surface area contributed by atoms with E-state index in [0.29, 0.717) is 12.8 Å². The van der Waals surface area contributed by atoms with Gasteiger partial charge in [-0.3, -0.25) is 20.1 Å². The lowest BCUT2D eigenvalue weighted by Gasteiger charge is -2.27. The second-order valence-electron chi connectivity index (χ2n) is 6.69. The lowest BCUT2D eigenvalue weighted by molar-refractivity contribution is 0.426. The van der Waals surface area contributed by atoms with Gasteiger partial charge >= 0.3 is 0 Å². The van der Waals surface area contributed by atoms with E-state index in [1.165, 1.54) is 0 Å². The van der Waals surface area contributed by atoms with E-state index >= 15 is 0 Å². The molecule has 0 saturated heterocycles. The van der Waals surface area contributed by atoms with Crippen molar-refractivity contribution in [2.45, 2.75) is 63.7 Å². The van der Waals surface area contributed by atoms with Gasteiger partial charge in [-0.05, 0) is 64.9 Å². The van der Waals surface area contributed by atoms with Gasteiger partial charge in [0.15, 0.2) is 0 Å². The summed E-state index contributed by atoms with van der Waals surface area (Å²) in [5, 5.41) is -1.50. The van der Waals surface area contributed by atoms with Gasteiger partial charge in [-0.2, -0.15) is 11.8 Å². The Labute approximate surface area is 132 Å². The molecule has 6 nitrogen and oxygen atoms in total. The largest absolute Gasteiger partial charge is 0.333 e. The second kappa shape index (κ2) is 7.96. The number of nitrogens with two attached hydrogens (primary N) is 2. The van der Waals surface area contributed by atoms with Gasteiger partial charge in [0.05, 0.1) is 10.3 Å². The maximum absolute atomic E-state index is 11.5. The highest BCUT2D eigenvalue weighted by Crippen LogP contribution is 2.50. The summed E-state index contributed by atoms with van der Waals surface area (Å²) in [6.07, 6.45) is 2.84. The van der Waals surface area contributed by atoms with Crippen LogP contribution >= 0.6 is 26.8 Å². The highest BCUT2D eigenvalue weighted by Gasteiger charge is 2.35. The third-order valence-electron chi connectivity index (χ3n) is 3.89. The van der Waals surface area contributed by atoms with Crippen molar-refractivity contribution in [3.8, 4) is 0 Å². The zero-order valence-corrected chi connectivity index (χ0v) is 16.0. The predicted molar refractivity (Wildman–Crippen MR) is 92.0 cm³/mol. The summed E-state index contributed by atoms with van der Waals surface area (Å²) < 4.78 is 22.9. The summed E-state index contributed by atoms with van der Waals surface area (Å²) in [7, 11) is -7.11. The first-order valence-corrected chi connectivity index (χ1v) is 11.6. The van der Waals surface area contributed by atoms with Crippen LogP contribution in [0.5, 0.6) is 0 Å². The highest BCUT2D eigenvalue weighted by molar-refractivity contribution is 7.99. The van der Waals surface area contributed by atoms with Gasteiger partial charge < -0.3 is 9.79 Å². The zero-order chi connectivity index (χ0) is 16.9. The fraction of sp³-hybridized carbons (Fsp3) is 1.00. The Morgan fingerprint density at radius 1 is 0.857 bits per heavy atom. The summed E-state index contributed by atoms with van der Waals surface area (Å²) >= 11 is 1.73. The third kappa shape index (κ3) is 7.65. The Hall–Kier alpha value is 0.650. The molecule has 0 rings (SSSR count). The minimum absolute atomic E-state index is 0.602. The monoisotopic (exact) mass is 360 g/mol. The molecule has 0 aromatic rings. The summed E-state index contributed by atoms with van der Waals surface area (Å²) in [5.74, 6) is 1.76. The SMILES string of the molecule is CC(C)(CCCSCCCC(C)(C)P(N)(=O)O)P(N)(=O)O. The summed E-state index contributed by atoms with van der Waals surface area (Å²) in [4.78, 5) is 18.8. The predicted octanol–water partition coefficient (Wildman–Crippen LogP) is 3.13. The molecule has 0 bridgehead atoms. The molecule has 0 saturated carbocycles. The van der Waals surface area contributed by atoms with Crippen LogP contribution in [0.15, 0.2) is 0 Å². The number of thioether (sulfide) groups is 1. The van der Waals surface area contributed by atoms with Crippen LogP contribution in [-0.4, -0.2) is 31.6 Å². The van der Waals surface area contributed by atoms with E-state index in [0.717, 1.165) is 24.3 Å². The molecule has 0 aliphatic carbocycles. The Balaban J connectivity index is 3.86. The molecule has 0 spiro atoms. The van der Waals surface area contributed by atoms with E-state index in [4.69, 9.17) is 11.0 Å². The summed E-state index contributed by atoms with van der Waals surface area (Å²) in [5.41, 5.74) is 10.6. The minimum Gasteiger partial charge on any atom is -0.333 e. The Morgan fingerprint density at radius 2 is 1.14 bits per heavy atom. The molecule has 21 heavy (non-hydrogen) atoms. The van der Waals surface area contributed by atoms with E-state index in [1.54, 1.807) is 39.5 Å². The maximum Gasteiger partial charge on any atom is 0.270 e. The highest BCUT2D eigenvalue weighted by atomic mass is 32.2. The normalized spacial score (nSPS) is 19.0. The van der Waals surface area contributed by atoms with Crippen molar-refractivity contribution in [1.82, 2.24) is 0 Å². The molecule has 0 aliphatic heterocycles. The first-order valence-electron chi connectivity index (χ1n) is 7.01. The van der Waals surface area contributed by atoms with Crippen molar-refractivity contribution < 1.29 is 18.9 Å². The molecule has 0 radical (unpaired) electrons. The Morgan fingerprint density at radius 3 is 1.38 bits per heavy atom. The van der Waals surface area contributed by atoms with Gasteiger partial charge in [0, 0.05) is 0 Å². The van der Waals surface area contributed by atoms with Crippen LogP contribution < -0.4 is 11.0 Å². The lowest BCUT2D eigenvalue weighted by Crippen LogP contribution is -2.25. The van der Waals surface area contributed by atoms with E-state index in [9.17, 15) is 18.9 Å². The van der Waals surface area contributed by atoms with Gasteiger partial charge in [0.2, 0.25) is 0 Å². The average Bonchev–Trinajstić information content (AvgIpc) is 2.24. The number of hydrogen-bond acceptors (Lipinski definition) is 3. The van der Waals surface area contributed by atoms with Crippen molar-refractivity contribution in [3.63, 3.8) is 0 Å². The van der Waals surface area contributed by atoms with Gasteiger partial charge in [-0.25, -0.2) is 0 Å². The molecule has 0 heterocycles. The van der Waals surface area contributed by atoms with E-state index in [1.807, 2.05) is 0 Å². The molecule has 2 unspecified atom stereocenters. The molecule has 6 N–H and O–H groups in total. The van der Waals surface area contributed by atoms with Gasteiger partial charge in [-0.15, -0.1) is 0 Å². The number of hydrogen-bond donors (Lipinski definition) is 4. The average molecular weight is 360 g/mol. The summed E-state index contributed by atoms with van der Waals surface area (Å²) in [6, 6.07) is 0. The molecule has 9 heteroatoms. The first-order chi connectivity index (χ1) is 9.21. The van der Waals surface area contributed by atoms with Crippen LogP contribution in [0.1, 0.15) is 53.4 Å². The number of rotatable bonds is 10. The van der Waals surface area contributed by atoms with Crippen molar-refractivity contribution in [2.24, 2.45) is 11.0 Å². The van der Waals surface area contributed by atoms with Crippen LogP contribution in [0.4, 0.5) is 0 Å². The molecule has 128 valence electrons. The maximum atomic E-state index is 11.5. The van der Waals surface area contributed by atoms with Crippen molar-refractivity contribution in [3.05, 3.63) is 0 Å². The van der Waals surface area contributed by atoms with Crippen LogP contribution in [0.25, 0.3) is 0 Å². The molecule has 0 aliphatic rings. The summed E-state index contributed by atoms with van der Waals surface area (Å²) in [6.45, 7) is 6.84. The Bertz CT molecular complexity index is 379.